The van der Waals surface area contributed by atoms with Crippen LogP contribution in [-0.2, 0) is 0 Å². The lowest BCUT2D eigenvalue weighted by atomic mass is 9.75. The van der Waals surface area contributed by atoms with Crippen molar-refractivity contribution in [1.82, 2.24) is 5.32 Å². The molecule has 0 radical (unpaired) electrons. The van der Waals surface area contributed by atoms with Gasteiger partial charge in [-0.05, 0) is 50.3 Å². The molecule has 96 valence electrons. The number of halogens is 1. The van der Waals surface area contributed by atoms with Gasteiger partial charge in [-0.2, -0.15) is 5.26 Å². The van der Waals surface area contributed by atoms with E-state index in [0.29, 0.717) is 18.5 Å². The molecule has 1 saturated carbocycles. The van der Waals surface area contributed by atoms with Gasteiger partial charge >= 0.3 is 0 Å². The van der Waals surface area contributed by atoms with Crippen molar-refractivity contribution in [2.75, 3.05) is 6.54 Å². The van der Waals surface area contributed by atoms with Crippen LogP contribution in [0.2, 0.25) is 0 Å². The van der Waals surface area contributed by atoms with Gasteiger partial charge in [-0.25, -0.2) is 4.39 Å². The molecule has 0 heterocycles. The Hall–Kier alpha value is -1.40. The molecule has 0 spiro atoms. The summed E-state index contributed by atoms with van der Waals surface area (Å²) in [5.74, 6) is 0.304. The summed E-state index contributed by atoms with van der Waals surface area (Å²) < 4.78 is 13.1. The Morgan fingerprint density at radius 1 is 1.44 bits per heavy atom. The fourth-order valence-electron chi connectivity index (χ4n) is 2.26. The summed E-state index contributed by atoms with van der Waals surface area (Å²) in [7, 11) is 0. The molecule has 18 heavy (non-hydrogen) atoms. The number of benzene rings is 1. The van der Waals surface area contributed by atoms with Gasteiger partial charge in [0.05, 0.1) is 11.5 Å². The maximum atomic E-state index is 13.1. The highest BCUT2D eigenvalue weighted by atomic mass is 19.1. The number of nitrogens with zero attached hydrogens (tertiary/aromatic N) is 1. The molecule has 0 amide bonds. The van der Waals surface area contributed by atoms with Crippen LogP contribution in [0.3, 0.4) is 0 Å². The van der Waals surface area contributed by atoms with E-state index in [9.17, 15) is 4.39 Å². The Kier molecular flexibility index (Phi) is 3.68. The topological polar surface area (TPSA) is 35.8 Å². The zero-order valence-electron chi connectivity index (χ0n) is 10.9. The second-order valence-corrected chi connectivity index (χ2v) is 5.80. The molecule has 2 nitrogen and oxygen atoms in total. The maximum absolute atomic E-state index is 13.1. The maximum Gasteiger partial charge on any atom is 0.123 e. The Balaban J connectivity index is 1.80. The van der Waals surface area contributed by atoms with Crippen LogP contribution < -0.4 is 5.32 Å². The van der Waals surface area contributed by atoms with Gasteiger partial charge in [-0.3, -0.25) is 0 Å². The average molecular weight is 246 g/mol. The van der Waals surface area contributed by atoms with Crippen molar-refractivity contribution in [1.29, 1.82) is 5.26 Å². The first kappa shape index (κ1) is 13.0. The number of hydrogen-bond donors (Lipinski definition) is 1. The lowest BCUT2D eigenvalue weighted by molar-refractivity contribution is 0.267. The Labute approximate surface area is 108 Å². The fourth-order valence-corrected chi connectivity index (χ4v) is 2.26. The molecule has 3 heteroatoms. The van der Waals surface area contributed by atoms with Crippen molar-refractivity contribution in [3.8, 4) is 6.07 Å². The van der Waals surface area contributed by atoms with Crippen molar-refractivity contribution in [3.05, 3.63) is 35.6 Å². The molecule has 1 aromatic rings. The van der Waals surface area contributed by atoms with Gasteiger partial charge in [-0.1, -0.05) is 12.1 Å². The van der Waals surface area contributed by atoms with Crippen LogP contribution in [0, 0.1) is 22.6 Å². The second-order valence-electron chi connectivity index (χ2n) is 5.80. The van der Waals surface area contributed by atoms with E-state index < -0.39 is 0 Å². The number of nitrogens with one attached hydrogen (secondary N) is 1. The lowest BCUT2D eigenvalue weighted by Crippen LogP contribution is -2.43. The molecular formula is C15H19FN2. The molecule has 1 fully saturated rings. The molecule has 1 N–H and O–H groups in total. The molecular weight excluding hydrogens is 227 g/mol. The van der Waals surface area contributed by atoms with Gasteiger partial charge < -0.3 is 5.32 Å². The summed E-state index contributed by atoms with van der Waals surface area (Å²) in [6.07, 6.45) is 2.07. The number of nitriles is 1. The highest BCUT2D eigenvalue weighted by molar-refractivity contribution is 5.23. The summed E-state index contributed by atoms with van der Waals surface area (Å²) in [5.41, 5.74) is 0.775. The molecule has 0 aliphatic heterocycles. The predicted molar refractivity (Wildman–Crippen MR) is 69.6 cm³/mol. The van der Waals surface area contributed by atoms with Gasteiger partial charge in [0, 0.05) is 12.6 Å². The van der Waals surface area contributed by atoms with E-state index in [4.69, 9.17) is 5.26 Å². The van der Waals surface area contributed by atoms with Crippen molar-refractivity contribution >= 4 is 0 Å². The minimum Gasteiger partial charge on any atom is -0.312 e. The second kappa shape index (κ2) is 5.07. The van der Waals surface area contributed by atoms with Crippen LogP contribution in [0.25, 0.3) is 0 Å². The summed E-state index contributed by atoms with van der Waals surface area (Å²) >= 11 is 0. The first-order valence-electron chi connectivity index (χ1n) is 6.40. The molecule has 2 rings (SSSR count). The van der Waals surface area contributed by atoms with Gasteiger partial charge in [0.1, 0.15) is 5.82 Å². The molecule has 0 saturated heterocycles. The van der Waals surface area contributed by atoms with Crippen LogP contribution in [-0.4, -0.2) is 12.6 Å². The SMILES string of the molecule is CC(C)(C#N)CNC1CC(c2cccc(F)c2)C1. The molecule has 1 aliphatic carbocycles. The normalized spacial score (nSPS) is 23.2. The fraction of sp³-hybridized carbons (Fsp3) is 0.533. The molecule has 0 bridgehead atoms. The smallest absolute Gasteiger partial charge is 0.123 e. The van der Waals surface area contributed by atoms with E-state index in [1.54, 1.807) is 12.1 Å². The van der Waals surface area contributed by atoms with E-state index in [2.05, 4.69) is 11.4 Å². The minimum absolute atomic E-state index is 0.158. The lowest BCUT2D eigenvalue weighted by Gasteiger charge is -2.37. The Bertz CT molecular complexity index is 456. The highest BCUT2D eigenvalue weighted by Crippen LogP contribution is 2.37. The van der Waals surface area contributed by atoms with Gasteiger partial charge in [0.25, 0.3) is 0 Å². The third-order valence-electron chi connectivity index (χ3n) is 3.59. The van der Waals surface area contributed by atoms with Crippen molar-refractivity contribution in [3.63, 3.8) is 0 Å². The highest BCUT2D eigenvalue weighted by Gasteiger charge is 2.31. The van der Waals surface area contributed by atoms with Crippen LogP contribution >= 0.6 is 0 Å². The van der Waals surface area contributed by atoms with Crippen molar-refractivity contribution in [2.45, 2.75) is 38.6 Å². The monoisotopic (exact) mass is 246 g/mol. The average Bonchev–Trinajstić information content (AvgIpc) is 2.27. The minimum atomic E-state index is -0.316. The molecule has 1 aliphatic rings. The van der Waals surface area contributed by atoms with Crippen LogP contribution in [0.5, 0.6) is 0 Å². The van der Waals surface area contributed by atoms with Gasteiger partial charge in [0.2, 0.25) is 0 Å². The van der Waals surface area contributed by atoms with E-state index >= 15 is 0 Å². The molecule has 1 aromatic carbocycles. The zero-order chi connectivity index (χ0) is 13.2. The zero-order valence-corrected chi connectivity index (χ0v) is 10.9. The molecule has 0 aromatic heterocycles. The first-order chi connectivity index (χ1) is 8.50. The van der Waals surface area contributed by atoms with Crippen LogP contribution in [0.15, 0.2) is 24.3 Å². The largest absolute Gasteiger partial charge is 0.312 e. The van der Waals surface area contributed by atoms with E-state index in [0.717, 1.165) is 18.4 Å². The van der Waals surface area contributed by atoms with E-state index in [1.165, 1.54) is 6.07 Å². The van der Waals surface area contributed by atoms with Crippen LogP contribution in [0.4, 0.5) is 4.39 Å². The summed E-state index contributed by atoms with van der Waals surface area (Å²) in [4.78, 5) is 0. The van der Waals surface area contributed by atoms with Crippen molar-refractivity contribution in [2.24, 2.45) is 5.41 Å². The summed E-state index contributed by atoms with van der Waals surface area (Å²) in [6, 6.07) is 9.61. The quantitative estimate of drug-likeness (QED) is 0.885. The van der Waals surface area contributed by atoms with Gasteiger partial charge in [0.15, 0.2) is 0 Å². The first-order valence-corrected chi connectivity index (χ1v) is 6.40. The van der Waals surface area contributed by atoms with Crippen molar-refractivity contribution < 1.29 is 4.39 Å². The summed E-state index contributed by atoms with van der Waals surface area (Å²) in [6.45, 7) is 4.58. The van der Waals surface area contributed by atoms with E-state index in [1.807, 2.05) is 19.9 Å². The van der Waals surface area contributed by atoms with Gasteiger partial charge in [-0.15, -0.1) is 0 Å². The Morgan fingerprint density at radius 2 is 2.17 bits per heavy atom. The molecule has 0 atom stereocenters. The predicted octanol–water partition coefficient (Wildman–Crippen LogP) is 3.21. The standard InChI is InChI=1S/C15H19FN2/c1-15(2,9-17)10-18-14-7-12(8-14)11-4-3-5-13(16)6-11/h3-6,12,14,18H,7-8,10H2,1-2H3. The molecule has 0 unspecified atom stereocenters. The number of hydrogen-bond acceptors (Lipinski definition) is 2. The number of rotatable bonds is 4. The van der Waals surface area contributed by atoms with E-state index in [-0.39, 0.29) is 11.2 Å². The van der Waals surface area contributed by atoms with Crippen LogP contribution in [0.1, 0.15) is 38.2 Å². The summed E-state index contributed by atoms with van der Waals surface area (Å²) in [5, 5.41) is 12.3. The Morgan fingerprint density at radius 3 is 2.78 bits per heavy atom. The third-order valence-corrected chi connectivity index (χ3v) is 3.59. The third kappa shape index (κ3) is 3.08.